The Morgan fingerprint density at radius 3 is 2.90 bits per heavy atom. The summed E-state index contributed by atoms with van der Waals surface area (Å²) in [5.41, 5.74) is 0.976. The predicted molar refractivity (Wildman–Crippen MR) is 81.8 cm³/mol. The second-order valence-corrected chi connectivity index (χ2v) is 5.93. The number of carbonyl (C=O) groups is 1. The van der Waals surface area contributed by atoms with Crippen LogP contribution < -0.4 is 9.47 Å². The number of thiophene rings is 1. The molecule has 1 aromatic heterocycles. The zero-order valence-electron chi connectivity index (χ0n) is 12.0. The fraction of sp³-hybridized carbons (Fsp3) is 0.312. The minimum atomic E-state index is -0.00541. The second kappa shape index (κ2) is 5.77. The van der Waals surface area contributed by atoms with E-state index in [1.807, 2.05) is 34.5 Å². The quantitative estimate of drug-likeness (QED) is 0.874. The molecule has 2 aromatic rings. The van der Waals surface area contributed by atoms with Crippen molar-refractivity contribution in [3.63, 3.8) is 0 Å². The molecule has 1 amide bonds. The number of para-hydroxylation sites is 1. The molecule has 2 heterocycles. The van der Waals surface area contributed by atoms with Gasteiger partial charge in [0.05, 0.1) is 19.7 Å². The summed E-state index contributed by atoms with van der Waals surface area (Å²) in [6, 6.07) is 9.85. The summed E-state index contributed by atoms with van der Waals surface area (Å²) >= 11 is 1.66. The van der Waals surface area contributed by atoms with Crippen molar-refractivity contribution in [2.45, 2.75) is 19.5 Å². The predicted octanol–water partition coefficient (Wildman–Crippen LogP) is 3.24. The fourth-order valence-electron chi connectivity index (χ4n) is 2.53. The first-order chi connectivity index (χ1) is 10.2. The highest BCUT2D eigenvalue weighted by Crippen LogP contribution is 2.36. The Balaban J connectivity index is 1.94. The van der Waals surface area contributed by atoms with Gasteiger partial charge < -0.3 is 14.4 Å². The third-order valence-corrected chi connectivity index (χ3v) is 4.75. The van der Waals surface area contributed by atoms with Crippen LogP contribution in [-0.2, 0) is 11.3 Å². The van der Waals surface area contributed by atoms with Gasteiger partial charge in [-0.3, -0.25) is 4.79 Å². The molecule has 5 heteroatoms. The molecule has 1 unspecified atom stereocenters. The molecule has 1 aliphatic heterocycles. The molecule has 1 aliphatic rings. The smallest absolute Gasteiger partial charge is 0.261 e. The minimum absolute atomic E-state index is 0.00541. The zero-order chi connectivity index (χ0) is 14.8. The lowest BCUT2D eigenvalue weighted by Crippen LogP contribution is -2.34. The SMILES string of the molecule is COc1cccc2c1OCC(=O)N(C(C)c1cccs1)C2. The van der Waals surface area contributed by atoms with E-state index >= 15 is 0 Å². The Labute approximate surface area is 127 Å². The van der Waals surface area contributed by atoms with Gasteiger partial charge in [0, 0.05) is 10.4 Å². The molecule has 1 aromatic carbocycles. The molecule has 0 N–H and O–H groups in total. The van der Waals surface area contributed by atoms with Gasteiger partial charge in [0.15, 0.2) is 18.1 Å². The van der Waals surface area contributed by atoms with Crippen molar-refractivity contribution >= 4 is 17.2 Å². The number of methoxy groups -OCH3 is 1. The third kappa shape index (κ3) is 2.61. The third-order valence-electron chi connectivity index (χ3n) is 3.70. The number of rotatable bonds is 3. The van der Waals surface area contributed by atoms with Crippen LogP contribution >= 0.6 is 11.3 Å². The summed E-state index contributed by atoms with van der Waals surface area (Å²) in [7, 11) is 1.61. The number of fused-ring (bicyclic) bond motifs is 1. The first-order valence-corrected chi connectivity index (χ1v) is 7.70. The summed E-state index contributed by atoms with van der Waals surface area (Å²) in [4.78, 5) is 15.4. The van der Waals surface area contributed by atoms with Gasteiger partial charge in [-0.1, -0.05) is 18.2 Å². The van der Waals surface area contributed by atoms with Crippen LogP contribution in [0.15, 0.2) is 35.7 Å². The number of hydrogen-bond donors (Lipinski definition) is 0. The summed E-state index contributed by atoms with van der Waals surface area (Å²) in [5, 5.41) is 2.03. The molecule has 0 saturated carbocycles. The van der Waals surface area contributed by atoms with Crippen LogP contribution in [-0.4, -0.2) is 24.5 Å². The standard InChI is InChI=1S/C16H17NO3S/c1-11(14-7-4-8-21-14)17-9-12-5-3-6-13(19-2)16(12)20-10-15(17)18/h3-8,11H,9-10H2,1-2H3. The van der Waals surface area contributed by atoms with E-state index in [0.29, 0.717) is 18.0 Å². The summed E-state index contributed by atoms with van der Waals surface area (Å²) in [6.07, 6.45) is 0. The van der Waals surface area contributed by atoms with Gasteiger partial charge in [-0.2, -0.15) is 0 Å². The van der Waals surface area contributed by atoms with Crippen LogP contribution in [0.5, 0.6) is 11.5 Å². The maximum absolute atomic E-state index is 12.4. The maximum Gasteiger partial charge on any atom is 0.261 e. The molecule has 0 radical (unpaired) electrons. The molecular formula is C16H17NO3S. The van der Waals surface area contributed by atoms with E-state index < -0.39 is 0 Å². The highest BCUT2D eigenvalue weighted by Gasteiger charge is 2.28. The largest absolute Gasteiger partial charge is 0.493 e. The molecule has 110 valence electrons. The van der Waals surface area contributed by atoms with Crippen molar-refractivity contribution in [3.05, 3.63) is 46.2 Å². The van der Waals surface area contributed by atoms with Gasteiger partial charge in [0.1, 0.15) is 0 Å². The van der Waals surface area contributed by atoms with Crippen LogP contribution in [0.2, 0.25) is 0 Å². The van der Waals surface area contributed by atoms with Crippen molar-refractivity contribution < 1.29 is 14.3 Å². The number of carbonyl (C=O) groups excluding carboxylic acids is 1. The zero-order valence-corrected chi connectivity index (χ0v) is 12.9. The van der Waals surface area contributed by atoms with Gasteiger partial charge in [-0.15, -0.1) is 11.3 Å². The topological polar surface area (TPSA) is 38.8 Å². The van der Waals surface area contributed by atoms with Crippen molar-refractivity contribution in [1.82, 2.24) is 4.90 Å². The van der Waals surface area contributed by atoms with E-state index in [0.717, 1.165) is 5.56 Å². The molecule has 3 rings (SSSR count). The molecule has 0 saturated heterocycles. The molecule has 0 fully saturated rings. The van der Waals surface area contributed by atoms with Crippen molar-refractivity contribution in [2.24, 2.45) is 0 Å². The molecule has 1 atom stereocenters. The van der Waals surface area contributed by atoms with Gasteiger partial charge >= 0.3 is 0 Å². The lowest BCUT2D eigenvalue weighted by atomic mass is 10.1. The lowest BCUT2D eigenvalue weighted by Gasteiger charge is -2.26. The highest BCUT2D eigenvalue weighted by atomic mass is 32.1. The number of hydrogen-bond acceptors (Lipinski definition) is 4. The van der Waals surface area contributed by atoms with Crippen molar-refractivity contribution in [2.75, 3.05) is 13.7 Å². The van der Waals surface area contributed by atoms with Gasteiger partial charge in [-0.25, -0.2) is 0 Å². The number of amides is 1. The second-order valence-electron chi connectivity index (χ2n) is 4.95. The average molecular weight is 303 g/mol. The molecule has 0 bridgehead atoms. The molecule has 0 spiro atoms. The van der Waals surface area contributed by atoms with Gasteiger partial charge in [0.25, 0.3) is 5.91 Å². The summed E-state index contributed by atoms with van der Waals surface area (Å²) in [5.74, 6) is 1.34. The van der Waals surface area contributed by atoms with Crippen molar-refractivity contribution in [3.8, 4) is 11.5 Å². The lowest BCUT2D eigenvalue weighted by molar-refractivity contribution is -0.135. The first kappa shape index (κ1) is 13.9. The minimum Gasteiger partial charge on any atom is -0.493 e. The summed E-state index contributed by atoms with van der Waals surface area (Å²) < 4.78 is 11.0. The Morgan fingerprint density at radius 2 is 2.19 bits per heavy atom. The number of benzene rings is 1. The number of nitrogens with zero attached hydrogens (tertiary/aromatic N) is 1. The summed E-state index contributed by atoms with van der Waals surface area (Å²) in [6.45, 7) is 2.63. The highest BCUT2D eigenvalue weighted by molar-refractivity contribution is 7.10. The Kier molecular flexibility index (Phi) is 3.84. The Hall–Kier alpha value is -2.01. The molecular weight excluding hydrogens is 286 g/mol. The van der Waals surface area contributed by atoms with Gasteiger partial charge in [-0.05, 0) is 24.4 Å². The average Bonchev–Trinajstić information content (AvgIpc) is 2.98. The van der Waals surface area contributed by atoms with E-state index in [-0.39, 0.29) is 18.6 Å². The molecule has 4 nitrogen and oxygen atoms in total. The van der Waals surface area contributed by atoms with E-state index in [1.54, 1.807) is 18.4 Å². The maximum atomic E-state index is 12.4. The Morgan fingerprint density at radius 1 is 1.33 bits per heavy atom. The fourth-order valence-corrected chi connectivity index (χ4v) is 3.33. The van der Waals surface area contributed by atoms with E-state index in [2.05, 4.69) is 13.0 Å². The van der Waals surface area contributed by atoms with Crippen LogP contribution in [0.1, 0.15) is 23.4 Å². The van der Waals surface area contributed by atoms with Gasteiger partial charge in [0.2, 0.25) is 0 Å². The molecule has 0 aliphatic carbocycles. The van der Waals surface area contributed by atoms with E-state index in [1.165, 1.54) is 4.88 Å². The van der Waals surface area contributed by atoms with E-state index in [4.69, 9.17) is 9.47 Å². The first-order valence-electron chi connectivity index (χ1n) is 6.82. The molecule has 21 heavy (non-hydrogen) atoms. The van der Waals surface area contributed by atoms with Crippen LogP contribution in [0.4, 0.5) is 0 Å². The van der Waals surface area contributed by atoms with Crippen LogP contribution in [0.25, 0.3) is 0 Å². The number of ether oxygens (including phenoxy) is 2. The monoisotopic (exact) mass is 303 g/mol. The van der Waals surface area contributed by atoms with Crippen LogP contribution in [0.3, 0.4) is 0 Å². The van der Waals surface area contributed by atoms with Crippen LogP contribution in [0, 0.1) is 0 Å². The van der Waals surface area contributed by atoms with Crippen molar-refractivity contribution in [1.29, 1.82) is 0 Å². The normalized spacial score (nSPS) is 15.9. The Bertz CT molecular complexity index is 639. The van der Waals surface area contributed by atoms with E-state index in [9.17, 15) is 4.79 Å².